The molecule has 1 amide bonds. The lowest BCUT2D eigenvalue weighted by atomic mass is 10.1. The molecule has 1 aliphatic heterocycles. The van der Waals surface area contributed by atoms with Crippen molar-refractivity contribution in [2.24, 2.45) is 4.99 Å². The zero-order valence-corrected chi connectivity index (χ0v) is 15.7. The lowest BCUT2D eigenvalue weighted by Crippen LogP contribution is -2.19. The number of aliphatic imine (C=N–C) groups is 1. The van der Waals surface area contributed by atoms with Crippen molar-refractivity contribution in [1.82, 2.24) is 5.32 Å². The number of carbonyl (C=O) groups is 1. The van der Waals surface area contributed by atoms with Crippen LogP contribution in [0.25, 0.3) is 6.08 Å². The minimum Gasteiger partial charge on any atom is -0.300 e. The normalized spacial score (nSPS) is 17.8. The summed E-state index contributed by atoms with van der Waals surface area (Å²) in [5.41, 5.74) is 4.22. The van der Waals surface area contributed by atoms with E-state index in [1.807, 2.05) is 56.3 Å². The number of amides is 1. The van der Waals surface area contributed by atoms with Gasteiger partial charge in [-0.1, -0.05) is 24.3 Å². The number of amidine groups is 1. The molecule has 23 heavy (non-hydrogen) atoms. The number of nitrogens with one attached hydrogen (secondary N) is 1. The van der Waals surface area contributed by atoms with Gasteiger partial charge in [0.15, 0.2) is 5.17 Å². The number of rotatable bonds is 2. The fourth-order valence-corrected chi connectivity index (χ4v) is 3.72. The average Bonchev–Trinajstić information content (AvgIpc) is 2.80. The predicted octanol–water partition coefficient (Wildman–Crippen LogP) is 4.80. The summed E-state index contributed by atoms with van der Waals surface area (Å²) in [6.07, 6.45) is 1.91. The van der Waals surface area contributed by atoms with Gasteiger partial charge in [0.05, 0.1) is 10.6 Å². The van der Waals surface area contributed by atoms with Crippen molar-refractivity contribution in [3.8, 4) is 0 Å². The van der Waals surface area contributed by atoms with Crippen LogP contribution in [0.4, 0.5) is 5.69 Å². The van der Waals surface area contributed by atoms with Gasteiger partial charge >= 0.3 is 0 Å². The van der Waals surface area contributed by atoms with E-state index in [1.54, 1.807) is 0 Å². The molecule has 0 radical (unpaired) electrons. The van der Waals surface area contributed by atoms with E-state index in [2.05, 4.69) is 39.0 Å². The predicted molar refractivity (Wildman–Crippen MR) is 106 cm³/mol. The van der Waals surface area contributed by atoms with E-state index in [0.717, 1.165) is 25.9 Å². The van der Waals surface area contributed by atoms with Gasteiger partial charge in [0.1, 0.15) is 0 Å². The Morgan fingerprint density at radius 3 is 2.52 bits per heavy atom. The standard InChI is InChI=1S/C18H15IN2OS/c1-11-7-12(2)9-14(8-11)20-18-21-17(22)16(23-18)10-13-5-3-4-6-15(13)19/h3-10H,1-2H3,(H,20,21,22)/b16-10-. The molecular weight excluding hydrogens is 419 g/mol. The van der Waals surface area contributed by atoms with Crippen molar-refractivity contribution in [3.63, 3.8) is 0 Å². The van der Waals surface area contributed by atoms with Crippen LogP contribution in [-0.4, -0.2) is 11.1 Å². The molecule has 0 aromatic heterocycles. The van der Waals surface area contributed by atoms with Crippen LogP contribution in [0, 0.1) is 17.4 Å². The maximum absolute atomic E-state index is 12.1. The Morgan fingerprint density at radius 1 is 1.13 bits per heavy atom. The molecule has 5 heteroatoms. The fourth-order valence-electron chi connectivity index (χ4n) is 2.35. The van der Waals surface area contributed by atoms with E-state index in [1.165, 1.54) is 11.8 Å². The molecule has 2 aromatic carbocycles. The second kappa shape index (κ2) is 6.88. The number of thioether (sulfide) groups is 1. The highest BCUT2D eigenvalue weighted by Crippen LogP contribution is 2.29. The Morgan fingerprint density at radius 2 is 1.83 bits per heavy atom. The van der Waals surface area contributed by atoms with Crippen LogP contribution in [0.1, 0.15) is 16.7 Å². The zero-order valence-electron chi connectivity index (χ0n) is 12.8. The van der Waals surface area contributed by atoms with Crippen molar-refractivity contribution in [2.75, 3.05) is 0 Å². The summed E-state index contributed by atoms with van der Waals surface area (Å²) < 4.78 is 1.12. The van der Waals surface area contributed by atoms with Crippen LogP contribution in [0.3, 0.4) is 0 Å². The molecule has 0 aliphatic carbocycles. The largest absolute Gasteiger partial charge is 0.300 e. The number of hydrogen-bond donors (Lipinski definition) is 1. The molecule has 3 rings (SSSR count). The van der Waals surface area contributed by atoms with Crippen molar-refractivity contribution in [1.29, 1.82) is 0 Å². The first-order chi connectivity index (χ1) is 11.0. The first-order valence-electron chi connectivity index (χ1n) is 7.14. The molecule has 3 nitrogen and oxygen atoms in total. The Labute approximate surface area is 153 Å². The number of carbonyl (C=O) groups excluding carboxylic acids is 1. The second-order valence-corrected chi connectivity index (χ2v) is 7.54. The molecule has 0 spiro atoms. The van der Waals surface area contributed by atoms with Crippen LogP contribution in [0.5, 0.6) is 0 Å². The quantitative estimate of drug-likeness (QED) is 0.545. The van der Waals surface area contributed by atoms with Gasteiger partial charge in [0, 0.05) is 3.57 Å². The molecule has 0 atom stereocenters. The van der Waals surface area contributed by atoms with Crippen LogP contribution in [0.2, 0.25) is 0 Å². The van der Waals surface area contributed by atoms with Crippen molar-refractivity contribution in [3.05, 3.63) is 67.6 Å². The molecule has 1 aliphatic rings. The first kappa shape index (κ1) is 16.3. The van der Waals surface area contributed by atoms with Crippen LogP contribution in [-0.2, 0) is 4.79 Å². The lowest BCUT2D eigenvalue weighted by Gasteiger charge is -2.00. The van der Waals surface area contributed by atoms with Gasteiger partial charge < -0.3 is 5.32 Å². The molecular formula is C18H15IN2OS. The molecule has 2 aromatic rings. The maximum atomic E-state index is 12.1. The molecule has 116 valence electrons. The third-order valence-corrected chi connectivity index (χ3v) is 5.17. The van der Waals surface area contributed by atoms with Gasteiger partial charge in [0.25, 0.3) is 5.91 Å². The smallest absolute Gasteiger partial charge is 0.264 e. The van der Waals surface area contributed by atoms with E-state index >= 15 is 0 Å². The molecule has 1 N–H and O–H groups in total. The Balaban J connectivity index is 1.87. The zero-order chi connectivity index (χ0) is 16.4. The number of nitrogens with zero attached hydrogens (tertiary/aromatic N) is 1. The van der Waals surface area contributed by atoms with Crippen LogP contribution in [0.15, 0.2) is 52.4 Å². The topological polar surface area (TPSA) is 41.5 Å². The highest BCUT2D eigenvalue weighted by molar-refractivity contribution is 14.1. The van der Waals surface area contributed by atoms with E-state index in [0.29, 0.717) is 10.1 Å². The van der Waals surface area contributed by atoms with Gasteiger partial charge in [-0.25, -0.2) is 4.99 Å². The first-order valence-corrected chi connectivity index (χ1v) is 9.03. The third-order valence-electron chi connectivity index (χ3n) is 3.28. The molecule has 1 saturated heterocycles. The Bertz CT molecular complexity index is 822. The maximum Gasteiger partial charge on any atom is 0.264 e. The van der Waals surface area contributed by atoms with Gasteiger partial charge in [-0.3, -0.25) is 4.79 Å². The Kier molecular flexibility index (Phi) is 4.87. The second-order valence-electron chi connectivity index (χ2n) is 5.35. The minimum absolute atomic E-state index is 0.0993. The van der Waals surface area contributed by atoms with Crippen LogP contribution < -0.4 is 5.32 Å². The average molecular weight is 434 g/mol. The van der Waals surface area contributed by atoms with E-state index in [9.17, 15) is 4.79 Å². The summed E-state index contributed by atoms with van der Waals surface area (Å²) in [5, 5.41) is 3.46. The molecule has 0 bridgehead atoms. The molecule has 1 heterocycles. The highest BCUT2D eigenvalue weighted by atomic mass is 127. The summed E-state index contributed by atoms with van der Waals surface area (Å²) >= 11 is 3.65. The van der Waals surface area contributed by atoms with Gasteiger partial charge in [-0.15, -0.1) is 0 Å². The van der Waals surface area contributed by atoms with Crippen molar-refractivity contribution in [2.45, 2.75) is 13.8 Å². The summed E-state index contributed by atoms with van der Waals surface area (Å²) in [5.74, 6) is -0.0993. The van der Waals surface area contributed by atoms with Gasteiger partial charge in [-0.05, 0) is 89.2 Å². The summed E-state index contributed by atoms with van der Waals surface area (Å²) in [6.45, 7) is 4.08. The minimum atomic E-state index is -0.0993. The summed E-state index contributed by atoms with van der Waals surface area (Å²) in [6, 6.07) is 14.1. The number of halogens is 1. The summed E-state index contributed by atoms with van der Waals surface area (Å²) in [7, 11) is 0. The van der Waals surface area contributed by atoms with E-state index in [-0.39, 0.29) is 5.91 Å². The van der Waals surface area contributed by atoms with Crippen molar-refractivity contribution < 1.29 is 4.79 Å². The number of aryl methyl sites for hydroxylation is 2. The Hall–Kier alpha value is -1.60. The molecule has 1 fully saturated rings. The fraction of sp³-hybridized carbons (Fsp3) is 0.111. The third kappa shape index (κ3) is 4.03. The number of hydrogen-bond acceptors (Lipinski definition) is 3. The van der Waals surface area contributed by atoms with E-state index in [4.69, 9.17) is 0 Å². The molecule has 0 unspecified atom stereocenters. The summed E-state index contributed by atoms with van der Waals surface area (Å²) in [4.78, 5) is 17.4. The molecule has 0 saturated carbocycles. The lowest BCUT2D eigenvalue weighted by molar-refractivity contribution is -0.115. The van der Waals surface area contributed by atoms with Gasteiger partial charge in [0.2, 0.25) is 0 Å². The van der Waals surface area contributed by atoms with E-state index < -0.39 is 0 Å². The van der Waals surface area contributed by atoms with Crippen molar-refractivity contribution >= 4 is 57.2 Å². The highest BCUT2D eigenvalue weighted by Gasteiger charge is 2.24. The van der Waals surface area contributed by atoms with Gasteiger partial charge in [-0.2, -0.15) is 0 Å². The SMILES string of the molecule is Cc1cc(C)cc(N=C2NC(=O)/C(=C/c3ccccc3I)S2)c1. The number of benzene rings is 2. The van der Waals surface area contributed by atoms with Crippen LogP contribution >= 0.6 is 34.4 Å². The monoisotopic (exact) mass is 434 g/mol.